The first-order chi connectivity index (χ1) is 13.2. The molecule has 6 heteroatoms. The number of hydrogen-bond acceptors (Lipinski definition) is 3. The third kappa shape index (κ3) is 6.77. The number of hydrogen-bond donors (Lipinski definition) is 3. The van der Waals surface area contributed by atoms with Crippen molar-refractivity contribution in [1.82, 2.24) is 10.6 Å². The quantitative estimate of drug-likeness (QED) is 0.455. The lowest BCUT2D eigenvalue weighted by Gasteiger charge is -2.15. The molecular formula is C21H28ClN3O2. The van der Waals surface area contributed by atoms with Crippen molar-refractivity contribution in [3.05, 3.63) is 64.7 Å². The predicted octanol–water partition coefficient (Wildman–Crippen LogP) is 3.22. The Labute approximate surface area is 166 Å². The summed E-state index contributed by atoms with van der Waals surface area (Å²) in [5.41, 5.74) is 2.14. The maximum Gasteiger partial charge on any atom is 0.191 e. The molecule has 2 aromatic carbocycles. The highest BCUT2D eigenvalue weighted by Gasteiger charge is 2.10. The second-order valence-corrected chi connectivity index (χ2v) is 6.55. The molecule has 0 bridgehead atoms. The highest BCUT2D eigenvalue weighted by atomic mass is 35.5. The maximum absolute atomic E-state index is 9.69. The van der Waals surface area contributed by atoms with Gasteiger partial charge >= 0.3 is 0 Å². The fourth-order valence-electron chi connectivity index (χ4n) is 2.71. The highest BCUT2D eigenvalue weighted by molar-refractivity contribution is 6.31. The Bertz CT molecular complexity index is 723. The molecule has 0 heterocycles. The number of nitrogens with zero attached hydrogens (tertiary/aromatic N) is 1. The van der Waals surface area contributed by atoms with Crippen LogP contribution in [0.2, 0.25) is 5.02 Å². The van der Waals surface area contributed by atoms with Gasteiger partial charge in [-0.05, 0) is 36.6 Å². The van der Waals surface area contributed by atoms with Gasteiger partial charge in [-0.15, -0.1) is 0 Å². The minimum atomic E-state index is -0.0160. The smallest absolute Gasteiger partial charge is 0.191 e. The zero-order valence-corrected chi connectivity index (χ0v) is 16.7. The van der Waals surface area contributed by atoms with Crippen molar-refractivity contribution in [2.45, 2.75) is 19.3 Å². The highest BCUT2D eigenvalue weighted by Crippen LogP contribution is 2.22. The Balaban J connectivity index is 1.93. The van der Waals surface area contributed by atoms with E-state index in [9.17, 15) is 5.11 Å². The minimum absolute atomic E-state index is 0.0160. The molecule has 3 N–H and O–H groups in total. The Kier molecular flexibility index (Phi) is 8.95. The van der Waals surface area contributed by atoms with Gasteiger partial charge in [0.15, 0.2) is 5.96 Å². The lowest BCUT2D eigenvalue weighted by Crippen LogP contribution is -2.38. The topological polar surface area (TPSA) is 65.9 Å². The number of nitrogens with one attached hydrogen (secondary N) is 2. The third-order valence-corrected chi connectivity index (χ3v) is 4.60. The molecule has 2 rings (SSSR count). The van der Waals surface area contributed by atoms with Crippen LogP contribution < -0.4 is 15.4 Å². The largest absolute Gasteiger partial charge is 0.497 e. The van der Waals surface area contributed by atoms with Gasteiger partial charge in [-0.25, -0.2) is 0 Å². The van der Waals surface area contributed by atoms with E-state index in [1.54, 1.807) is 7.11 Å². The fourth-order valence-corrected chi connectivity index (χ4v) is 2.98. The van der Waals surface area contributed by atoms with E-state index >= 15 is 0 Å². The monoisotopic (exact) mass is 389 g/mol. The number of aliphatic imine (C=N–C) groups is 1. The average Bonchev–Trinajstić information content (AvgIpc) is 2.70. The van der Waals surface area contributed by atoms with Crippen molar-refractivity contribution in [2.24, 2.45) is 4.99 Å². The summed E-state index contributed by atoms with van der Waals surface area (Å²) in [7, 11) is 1.63. The molecule has 1 atom stereocenters. The van der Waals surface area contributed by atoms with Gasteiger partial charge in [0.1, 0.15) is 5.75 Å². The van der Waals surface area contributed by atoms with E-state index in [2.05, 4.69) is 15.6 Å². The normalized spacial score (nSPS) is 12.5. The van der Waals surface area contributed by atoms with Crippen molar-refractivity contribution in [2.75, 3.05) is 33.4 Å². The summed E-state index contributed by atoms with van der Waals surface area (Å²) in [6, 6.07) is 15.7. The van der Waals surface area contributed by atoms with Crippen LogP contribution in [0.3, 0.4) is 0 Å². The summed E-state index contributed by atoms with van der Waals surface area (Å²) in [6.45, 7) is 4.07. The van der Waals surface area contributed by atoms with Gasteiger partial charge in [0.05, 0.1) is 20.3 Å². The summed E-state index contributed by atoms with van der Waals surface area (Å²) in [6.07, 6.45) is 0.773. The van der Waals surface area contributed by atoms with Crippen LogP contribution in [0.25, 0.3) is 0 Å². The fraction of sp³-hybridized carbons (Fsp3) is 0.381. The Morgan fingerprint density at radius 1 is 1.19 bits per heavy atom. The lowest BCUT2D eigenvalue weighted by atomic mass is 10.0. The molecule has 146 valence electrons. The van der Waals surface area contributed by atoms with Gasteiger partial charge in [-0.3, -0.25) is 4.99 Å². The molecule has 0 aromatic heterocycles. The van der Waals surface area contributed by atoms with Crippen LogP contribution in [0, 0.1) is 0 Å². The summed E-state index contributed by atoms with van der Waals surface area (Å²) in [5.74, 6) is 1.47. The minimum Gasteiger partial charge on any atom is -0.497 e. The number of ether oxygens (including phenoxy) is 1. The molecule has 0 aliphatic heterocycles. The first-order valence-electron chi connectivity index (χ1n) is 9.18. The van der Waals surface area contributed by atoms with Crippen molar-refractivity contribution in [3.63, 3.8) is 0 Å². The third-order valence-electron chi connectivity index (χ3n) is 4.25. The van der Waals surface area contributed by atoms with Crippen LogP contribution in [-0.4, -0.2) is 44.4 Å². The number of guanidine groups is 1. The second kappa shape index (κ2) is 11.5. The van der Waals surface area contributed by atoms with Crippen LogP contribution in [-0.2, 0) is 6.42 Å². The average molecular weight is 390 g/mol. The molecule has 0 saturated carbocycles. The number of halogens is 1. The molecule has 1 unspecified atom stereocenters. The zero-order valence-electron chi connectivity index (χ0n) is 15.9. The van der Waals surface area contributed by atoms with Gasteiger partial charge in [0.2, 0.25) is 0 Å². The van der Waals surface area contributed by atoms with Crippen LogP contribution in [0.1, 0.15) is 24.0 Å². The molecule has 0 aliphatic carbocycles. The SMILES string of the molecule is CCNC(=NCC(CO)c1ccccc1)NCCc1ccc(OC)cc1Cl. The molecule has 5 nitrogen and oxygen atoms in total. The summed E-state index contributed by atoms with van der Waals surface area (Å²) in [5, 5.41) is 16.9. The number of benzene rings is 2. The van der Waals surface area contributed by atoms with Gasteiger partial charge < -0.3 is 20.5 Å². The van der Waals surface area contributed by atoms with Crippen LogP contribution in [0.15, 0.2) is 53.5 Å². The van der Waals surface area contributed by atoms with Crippen molar-refractivity contribution >= 4 is 17.6 Å². The number of aliphatic hydroxyl groups is 1. The molecule has 0 spiro atoms. The maximum atomic E-state index is 9.69. The first kappa shape index (κ1) is 21.1. The Hall–Kier alpha value is -2.24. The summed E-state index contributed by atoms with van der Waals surface area (Å²) in [4.78, 5) is 4.62. The zero-order chi connectivity index (χ0) is 19.5. The molecule has 0 amide bonds. The molecular weight excluding hydrogens is 362 g/mol. The number of methoxy groups -OCH3 is 1. The van der Waals surface area contributed by atoms with E-state index in [1.807, 2.05) is 55.5 Å². The predicted molar refractivity (Wildman–Crippen MR) is 112 cm³/mol. The van der Waals surface area contributed by atoms with Crippen molar-refractivity contribution < 1.29 is 9.84 Å². The molecule has 0 saturated heterocycles. The van der Waals surface area contributed by atoms with Crippen LogP contribution in [0.4, 0.5) is 0 Å². The van der Waals surface area contributed by atoms with E-state index < -0.39 is 0 Å². The van der Waals surface area contributed by atoms with Gasteiger partial charge in [0, 0.05) is 24.0 Å². The number of aliphatic hydroxyl groups excluding tert-OH is 1. The molecule has 0 fully saturated rings. The number of rotatable bonds is 9. The second-order valence-electron chi connectivity index (χ2n) is 6.14. The standard InChI is InChI=1S/C21H28ClN3O2/c1-3-23-21(25-14-18(15-26)16-7-5-4-6-8-16)24-12-11-17-9-10-19(27-2)13-20(17)22/h4-10,13,18,26H,3,11-12,14-15H2,1-2H3,(H2,23,24,25). The lowest BCUT2D eigenvalue weighted by molar-refractivity contribution is 0.268. The molecule has 0 aliphatic rings. The Morgan fingerprint density at radius 3 is 2.59 bits per heavy atom. The van der Waals surface area contributed by atoms with Crippen molar-refractivity contribution in [3.8, 4) is 5.75 Å². The molecule has 2 aromatic rings. The Morgan fingerprint density at radius 2 is 1.96 bits per heavy atom. The van der Waals surface area contributed by atoms with Crippen molar-refractivity contribution in [1.29, 1.82) is 0 Å². The van der Waals surface area contributed by atoms with Gasteiger partial charge in [0.25, 0.3) is 0 Å². The first-order valence-corrected chi connectivity index (χ1v) is 9.56. The van der Waals surface area contributed by atoms with Crippen LogP contribution >= 0.6 is 11.6 Å². The van der Waals surface area contributed by atoms with E-state index in [0.717, 1.165) is 35.8 Å². The van der Waals surface area contributed by atoms with Gasteiger partial charge in [-0.2, -0.15) is 0 Å². The van der Waals surface area contributed by atoms with Gasteiger partial charge in [-0.1, -0.05) is 48.0 Å². The summed E-state index contributed by atoms with van der Waals surface area (Å²) < 4.78 is 5.18. The van der Waals surface area contributed by atoms with E-state index in [0.29, 0.717) is 18.1 Å². The van der Waals surface area contributed by atoms with E-state index in [-0.39, 0.29) is 12.5 Å². The summed E-state index contributed by atoms with van der Waals surface area (Å²) >= 11 is 6.29. The van der Waals surface area contributed by atoms with E-state index in [4.69, 9.17) is 16.3 Å². The molecule has 27 heavy (non-hydrogen) atoms. The van der Waals surface area contributed by atoms with Crippen LogP contribution in [0.5, 0.6) is 5.75 Å². The van der Waals surface area contributed by atoms with E-state index in [1.165, 1.54) is 0 Å². The molecule has 0 radical (unpaired) electrons.